The second-order valence-electron chi connectivity index (χ2n) is 5.23. The van der Waals surface area contributed by atoms with Crippen molar-refractivity contribution in [1.82, 2.24) is 4.98 Å². The number of ketones is 2. The molecule has 0 aliphatic heterocycles. The van der Waals surface area contributed by atoms with E-state index < -0.39 is 5.97 Å². The van der Waals surface area contributed by atoms with Crippen LogP contribution in [0.25, 0.3) is 5.57 Å². The number of carbonyl (C=O) groups excluding carboxylic acids is 2. The van der Waals surface area contributed by atoms with Crippen LogP contribution in [-0.2, 0) is 0 Å². The first-order valence-corrected chi connectivity index (χ1v) is 6.74. The second kappa shape index (κ2) is 4.80. The van der Waals surface area contributed by atoms with E-state index in [1.807, 2.05) is 0 Å². The van der Waals surface area contributed by atoms with Gasteiger partial charge in [-0.15, -0.1) is 0 Å². The minimum absolute atomic E-state index is 0.0317. The zero-order valence-corrected chi connectivity index (χ0v) is 12.1. The SMILES string of the molecule is Cc1[nH]c(C)c(C2=CC(=O)c3ccccc3C2=O)c1C(=O)O. The Balaban J connectivity index is 2.26. The number of carboxylic acid groups (broad SMARTS) is 1. The van der Waals surface area contributed by atoms with Gasteiger partial charge in [0.25, 0.3) is 0 Å². The van der Waals surface area contributed by atoms with Crippen LogP contribution >= 0.6 is 0 Å². The summed E-state index contributed by atoms with van der Waals surface area (Å²) in [5, 5.41) is 9.39. The van der Waals surface area contributed by atoms with E-state index in [9.17, 15) is 19.5 Å². The fraction of sp³-hybridized carbons (Fsp3) is 0.118. The molecule has 5 nitrogen and oxygen atoms in total. The number of rotatable bonds is 2. The Labute approximate surface area is 126 Å². The Bertz CT molecular complexity index is 871. The molecule has 1 heterocycles. The van der Waals surface area contributed by atoms with Gasteiger partial charge < -0.3 is 10.1 Å². The summed E-state index contributed by atoms with van der Waals surface area (Å²) in [6.07, 6.45) is 1.23. The van der Waals surface area contributed by atoms with Crippen LogP contribution in [-0.4, -0.2) is 27.6 Å². The minimum Gasteiger partial charge on any atom is -0.478 e. The van der Waals surface area contributed by atoms with Gasteiger partial charge in [0.1, 0.15) is 0 Å². The summed E-state index contributed by atoms with van der Waals surface area (Å²) >= 11 is 0. The summed E-state index contributed by atoms with van der Waals surface area (Å²) in [6.45, 7) is 3.32. The molecule has 5 heteroatoms. The molecule has 1 aromatic heterocycles. The highest BCUT2D eigenvalue weighted by Gasteiger charge is 2.31. The van der Waals surface area contributed by atoms with Crippen LogP contribution in [0.1, 0.15) is 48.0 Å². The molecule has 0 saturated carbocycles. The van der Waals surface area contributed by atoms with E-state index in [-0.39, 0.29) is 28.3 Å². The molecule has 22 heavy (non-hydrogen) atoms. The zero-order chi connectivity index (χ0) is 16.0. The van der Waals surface area contributed by atoms with Crippen LogP contribution in [0.5, 0.6) is 0 Å². The first-order chi connectivity index (χ1) is 10.4. The van der Waals surface area contributed by atoms with Gasteiger partial charge in [0.2, 0.25) is 0 Å². The monoisotopic (exact) mass is 295 g/mol. The highest BCUT2D eigenvalue weighted by atomic mass is 16.4. The first-order valence-electron chi connectivity index (χ1n) is 6.74. The van der Waals surface area contributed by atoms with Crippen LogP contribution in [0.4, 0.5) is 0 Å². The Kier molecular flexibility index (Phi) is 3.06. The summed E-state index contributed by atoms with van der Waals surface area (Å²) in [6, 6.07) is 6.55. The largest absolute Gasteiger partial charge is 0.478 e. The average Bonchev–Trinajstić information content (AvgIpc) is 2.77. The zero-order valence-electron chi connectivity index (χ0n) is 12.1. The maximum absolute atomic E-state index is 12.7. The fourth-order valence-electron chi connectivity index (χ4n) is 2.89. The van der Waals surface area contributed by atoms with E-state index in [2.05, 4.69) is 4.98 Å². The lowest BCUT2D eigenvalue weighted by Gasteiger charge is -2.15. The number of allylic oxidation sites excluding steroid dienone is 2. The number of benzene rings is 1. The maximum Gasteiger partial charge on any atom is 0.338 e. The summed E-state index contributed by atoms with van der Waals surface area (Å²) < 4.78 is 0. The van der Waals surface area contributed by atoms with E-state index in [0.29, 0.717) is 22.5 Å². The molecule has 0 unspecified atom stereocenters. The average molecular weight is 295 g/mol. The third-order valence-corrected chi connectivity index (χ3v) is 3.82. The fourth-order valence-corrected chi connectivity index (χ4v) is 2.89. The molecule has 2 aromatic rings. The molecule has 1 aliphatic rings. The first kappa shape index (κ1) is 14.0. The lowest BCUT2D eigenvalue weighted by atomic mass is 9.85. The van der Waals surface area contributed by atoms with Crippen LogP contribution < -0.4 is 0 Å². The van der Waals surface area contributed by atoms with Crippen molar-refractivity contribution in [2.45, 2.75) is 13.8 Å². The van der Waals surface area contributed by atoms with E-state index in [4.69, 9.17) is 0 Å². The lowest BCUT2D eigenvalue weighted by Crippen LogP contribution is -2.17. The summed E-state index contributed by atoms with van der Waals surface area (Å²) in [4.78, 5) is 39.3. The standard InChI is InChI=1S/C17H13NO4/c1-8-14(15(17(21)22)9(2)18-8)12-7-13(19)10-5-3-4-6-11(10)16(12)20/h3-7,18H,1-2H3,(H,21,22). The van der Waals surface area contributed by atoms with Crippen molar-refractivity contribution < 1.29 is 19.5 Å². The van der Waals surface area contributed by atoms with Crippen molar-refractivity contribution in [1.29, 1.82) is 0 Å². The number of hydrogen-bond donors (Lipinski definition) is 2. The van der Waals surface area contributed by atoms with E-state index in [0.717, 1.165) is 0 Å². The number of Topliss-reactive ketones (excluding diaryl/α,β-unsaturated/α-hetero) is 1. The van der Waals surface area contributed by atoms with Crippen LogP contribution in [0.2, 0.25) is 0 Å². The van der Waals surface area contributed by atoms with Gasteiger partial charge in [-0.2, -0.15) is 0 Å². The summed E-state index contributed by atoms with van der Waals surface area (Å²) in [7, 11) is 0. The van der Waals surface area contributed by atoms with Crippen molar-refractivity contribution in [2.24, 2.45) is 0 Å². The second-order valence-corrected chi connectivity index (χ2v) is 5.23. The molecular weight excluding hydrogens is 282 g/mol. The molecule has 1 aliphatic carbocycles. The number of aromatic amines is 1. The Morgan fingerprint density at radius 1 is 1.05 bits per heavy atom. The van der Waals surface area contributed by atoms with Gasteiger partial charge in [-0.25, -0.2) is 4.79 Å². The van der Waals surface area contributed by atoms with Gasteiger partial charge >= 0.3 is 5.97 Å². The van der Waals surface area contributed by atoms with Gasteiger partial charge in [0.05, 0.1) is 5.56 Å². The van der Waals surface area contributed by atoms with Crippen molar-refractivity contribution in [3.63, 3.8) is 0 Å². The molecule has 1 aromatic carbocycles. The number of nitrogens with one attached hydrogen (secondary N) is 1. The molecule has 0 fully saturated rings. The van der Waals surface area contributed by atoms with Gasteiger partial charge in [-0.05, 0) is 19.9 Å². The van der Waals surface area contributed by atoms with E-state index in [1.54, 1.807) is 38.1 Å². The van der Waals surface area contributed by atoms with Gasteiger partial charge in [-0.1, -0.05) is 24.3 Å². The Morgan fingerprint density at radius 3 is 2.32 bits per heavy atom. The normalized spacial score (nSPS) is 13.8. The van der Waals surface area contributed by atoms with Crippen LogP contribution in [0, 0.1) is 13.8 Å². The molecule has 0 radical (unpaired) electrons. The predicted octanol–water partition coefficient (Wildman–Crippen LogP) is 2.79. The topological polar surface area (TPSA) is 87.2 Å². The molecule has 2 N–H and O–H groups in total. The molecule has 0 atom stereocenters. The number of aromatic carboxylic acids is 1. The summed E-state index contributed by atoms with van der Waals surface area (Å²) in [5.74, 6) is -1.75. The van der Waals surface area contributed by atoms with Gasteiger partial charge in [-0.3, -0.25) is 9.59 Å². The smallest absolute Gasteiger partial charge is 0.338 e. The Morgan fingerprint density at radius 2 is 1.68 bits per heavy atom. The van der Waals surface area contributed by atoms with Crippen molar-refractivity contribution in [3.05, 3.63) is 64.0 Å². The number of hydrogen-bond acceptors (Lipinski definition) is 3. The Hall–Kier alpha value is -2.95. The molecule has 0 bridgehead atoms. The van der Waals surface area contributed by atoms with Crippen LogP contribution in [0.3, 0.4) is 0 Å². The number of aryl methyl sites for hydroxylation is 2. The highest BCUT2D eigenvalue weighted by molar-refractivity contribution is 6.39. The molecule has 3 rings (SSSR count). The molecule has 0 saturated heterocycles. The molecule has 0 spiro atoms. The number of H-pyrrole nitrogens is 1. The number of aromatic nitrogens is 1. The number of fused-ring (bicyclic) bond motifs is 1. The number of carboxylic acids is 1. The molecular formula is C17H13NO4. The van der Waals surface area contributed by atoms with Crippen molar-refractivity contribution >= 4 is 23.1 Å². The van der Waals surface area contributed by atoms with Crippen molar-refractivity contribution in [2.75, 3.05) is 0 Å². The maximum atomic E-state index is 12.7. The molecule has 110 valence electrons. The van der Waals surface area contributed by atoms with E-state index >= 15 is 0 Å². The minimum atomic E-state index is -1.13. The van der Waals surface area contributed by atoms with E-state index in [1.165, 1.54) is 6.08 Å². The third-order valence-electron chi connectivity index (χ3n) is 3.82. The predicted molar refractivity (Wildman–Crippen MR) is 80.3 cm³/mol. The number of carbonyl (C=O) groups is 3. The van der Waals surface area contributed by atoms with Crippen molar-refractivity contribution in [3.8, 4) is 0 Å². The quantitative estimate of drug-likeness (QED) is 0.891. The molecule has 0 amide bonds. The summed E-state index contributed by atoms with van der Waals surface area (Å²) in [5.41, 5.74) is 2.12. The van der Waals surface area contributed by atoms with Gasteiger partial charge in [0.15, 0.2) is 11.6 Å². The third kappa shape index (κ3) is 1.90. The van der Waals surface area contributed by atoms with Gasteiger partial charge in [0, 0.05) is 33.7 Å². The highest BCUT2D eigenvalue weighted by Crippen LogP contribution is 2.32. The van der Waals surface area contributed by atoms with Crippen LogP contribution in [0.15, 0.2) is 30.3 Å². The lowest BCUT2D eigenvalue weighted by molar-refractivity contribution is 0.0695.